The standard InChI is InChI=1S/C27H35N3O5/c1-5-6-7-8-24(31)20-10-9-19(2)23(17-20)28-27(33)30-15-13-29(14-16-30)26(32)22-12-11-21(34-3)18-25(22)35-4/h9-12,17-18H,5-8,13-16H2,1-4H3,(H,28,33). The molecule has 0 atom stereocenters. The van der Waals surface area contributed by atoms with E-state index in [1.807, 2.05) is 19.1 Å². The minimum Gasteiger partial charge on any atom is -0.497 e. The smallest absolute Gasteiger partial charge is 0.321 e. The van der Waals surface area contributed by atoms with Crippen molar-refractivity contribution < 1.29 is 23.9 Å². The quantitative estimate of drug-likeness (QED) is 0.412. The largest absolute Gasteiger partial charge is 0.497 e. The Morgan fingerprint density at radius 2 is 1.63 bits per heavy atom. The van der Waals surface area contributed by atoms with Gasteiger partial charge in [-0.15, -0.1) is 0 Å². The molecule has 1 aliphatic heterocycles. The molecule has 0 spiro atoms. The number of urea groups is 1. The first-order valence-corrected chi connectivity index (χ1v) is 12.1. The average Bonchev–Trinajstić information content (AvgIpc) is 2.89. The van der Waals surface area contributed by atoms with E-state index in [4.69, 9.17) is 9.47 Å². The van der Waals surface area contributed by atoms with Crippen LogP contribution in [0, 0.1) is 6.92 Å². The van der Waals surface area contributed by atoms with Gasteiger partial charge in [0.2, 0.25) is 0 Å². The van der Waals surface area contributed by atoms with Gasteiger partial charge in [0.05, 0.1) is 19.8 Å². The van der Waals surface area contributed by atoms with Crippen LogP contribution < -0.4 is 14.8 Å². The molecule has 0 unspecified atom stereocenters. The van der Waals surface area contributed by atoms with Crippen LogP contribution >= 0.6 is 0 Å². The van der Waals surface area contributed by atoms with Crippen LogP contribution in [-0.2, 0) is 0 Å². The fourth-order valence-corrected chi connectivity index (χ4v) is 4.06. The Bertz CT molecular complexity index is 1060. The lowest BCUT2D eigenvalue weighted by Crippen LogP contribution is -2.51. The number of rotatable bonds is 9. The Hall–Kier alpha value is -3.55. The summed E-state index contributed by atoms with van der Waals surface area (Å²) >= 11 is 0. The third-order valence-electron chi connectivity index (χ3n) is 6.30. The number of carbonyl (C=O) groups is 3. The van der Waals surface area contributed by atoms with Gasteiger partial charge in [-0.1, -0.05) is 31.9 Å². The second-order valence-corrected chi connectivity index (χ2v) is 8.69. The number of nitrogens with zero attached hydrogens (tertiary/aromatic N) is 2. The first-order chi connectivity index (χ1) is 16.9. The maximum Gasteiger partial charge on any atom is 0.321 e. The molecule has 0 saturated carbocycles. The fraction of sp³-hybridized carbons (Fsp3) is 0.444. The van der Waals surface area contributed by atoms with Crippen molar-refractivity contribution in [2.24, 2.45) is 0 Å². The lowest BCUT2D eigenvalue weighted by Gasteiger charge is -2.35. The molecule has 1 saturated heterocycles. The van der Waals surface area contributed by atoms with Crippen molar-refractivity contribution in [3.05, 3.63) is 53.1 Å². The molecule has 8 nitrogen and oxygen atoms in total. The molecule has 1 N–H and O–H groups in total. The molecule has 0 radical (unpaired) electrons. The topological polar surface area (TPSA) is 88.2 Å². The van der Waals surface area contributed by atoms with E-state index in [2.05, 4.69) is 12.2 Å². The first-order valence-electron chi connectivity index (χ1n) is 12.1. The van der Waals surface area contributed by atoms with Crippen molar-refractivity contribution in [2.75, 3.05) is 45.7 Å². The highest BCUT2D eigenvalue weighted by atomic mass is 16.5. The van der Waals surface area contributed by atoms with E-state index < -0.39 is 0 Å². The van der Waals surface area contributed by atoms with E-state index in [1.54, 1.807) is 41.2 Å². The van der Waals surface area contributed by atoms with E-state index in [0.29, 0.717) is 60.9 Å². The van der Waals surface area contributed by atoms with Crippen molar-refractivity contribution in [2.45, 2.75) is 39.5 Å². The number of unbranched alkanes of at least 4 members (excludes halogenated alkanes) is 2. The van der Waals surface area contributed by atoms with Gasteiger partial charge in [-0.25, -0.2) is 4.79 Å². The molecule has 2 aromatic rings. The maximum atomic E-state index is 13.0. The predicted molar refractivity (Wildman–Crippen MR) is 136 cm³/mol. The molecule has 8 heteroatoms. The number of Topliss-reactive ketones (excluding diaryl/α,β-unsaturated/α-hetero) is 1. The van der Waals surface area contributed by atoms with Crippen LogP contribution in [0.5, 0.6) is 11.5 Å². The number of methoxy groups -OCH3 is 2. The molecule has 0 aromatic heterocycles. The minimum atomic E-state index is -0.238. The van der Waals surface area contributed by atoms with Crippen molar-refractivity contribution in [1.29, 1.82) is 0 Å². The number of anilines is 1. The van der Waals surface area contributed by atoms with Gasteiger partial charge in [-0.3, -0.25) is 9.59 Å². The second kappa shape index (κ2) is 12.2. The second-order valence-electron chi connectivity index (χ2n) is 8.69. The summed E-state index contributed by atoms with van der Waals surface area (Å²) in [6, 6.07) is 10.3. The Morgan fingerprint density at radius 3 is 2.29 bits per heavy atom. The fourth-order valence-electron chi connectivity index (χ4n) is 4.06. The number of piperazine rings is 1. The molecule has 35 heavy (non-hydrogen) atoms. The normalized spacial score (nSPS) is 13.4. The molecule has 3 amide bonds. The Labute approximate surface area is 207 Å². The van der Waals surface area contributed by atoms with Gasteiger partial charge < -0.3 is 24.6 Å². The zero-order chi connectivity index (χ0) is 25.4. The molecule has 1 aliphatic rings. The number of hydrogen-bond donors (Lipinski definition) is 1. The first kappa shape index (κ1) is 26.1. The van der Waals surface area contributed by atoms with Gasteiger partial charge in [-0.2, -0.15) is 0 Å². The number of benzene rings is 2. The van der Waals surface area contributed by atoms with Crippen LogP contribution in [0.2, 0.25) is 0 Å². The number of aryl methyl sites for hydroxylation is 1. The Balaban J connectivity index is 1.59. The van der Waals surface area contributed by atoms with Gasteiger partial charge in [0.1, 0.15) is 11.5 Å². The lowest BCUT2D eigenvalue weighted by molar-refractivity contribution is 0.0668. The molecule has 0 bridgehead atoms. The summed E-state index contributed by atoms with van der Waals surface area (Å²) in [7, 11) is 3.08. The summed E-state index contributed by atoms with van der Waals surface area (Å²) in [4.78, 5) is 41.9. The monoisotopic (exact) mass is 481 g/mol. The predicted octanol–water partition coefficient (Wildman–Crippen LogP) is 4.77. The van der Waals surface area contributed by atoms with Crippen molar-refractivity contribution >= 4 is 23.4 Å². The van der Waals surface area contributed by atoms with E-state index in [1.165, 1.54) is 7.11 Å². The van der Waals surface area contributed by atoms with Crippen LogP contribution in [0.3, 0.4) is 0 Å². The Kier molecular flexibility index (Phi) is 9.11. The number of nitrogens with one attached hydrogen (secondary N) is 1. The highest BCUT2D eigenvalue weighted by Gasteiger charge is 2.27. The molecule has 1 fully saturated rings. The Morgan fingerprint density at radius 1 is 0.914 bits per heavy atom. The SMILES string of the molecule is CCCCCC(=O)c1ccc(C)c(NC(=O)N2CCN(C(=O)c3ccc(OC)cc3OC)CC2)c1. The molecule has 2 aromatic carbocycles. The van der Waals surface area contributed by atoms with Gasteiger partial charge in [-0.05, 0) is 37.1 Å². The third kappa shape index (κ3) is 6.53. The highest BCUT2D eigenvalue weighted by Crippen LogP contribution is 2.26. The van der Waals surface area contributed by atoms with Crippen LogP contribution in [0.15, 0.2) is 36.4 Å². The summed E-state index contributed by atoms with van der Waals surface area (Å²) in [5, 5.41) is 2.95. The number of ether oxygens (including phenoxy) is 2. The summed E-state index contributed by atoms with van der Waals surface area (Å²) in [5.74, 6) is 1.01. The van der Waals surface area contributed by atoms with Crippen LogP contribution in [0.1, 0.15) is 58.9 Å². The van der Waals surface area contributed by atoms with Crippen molar-refractivity contribution in [3.63, 3.8) is 0 Å². The highest BCUT2D eigenvalue weighted by molar-refractivity contribution is 5.99. The number of carbonyl (C=O) groups excluding carboxylic acids is 3. The van der Waals surface area contributed by atoms with Crippen LogP contribution in [0.25, 0.3) is 0 Å². The third-order valence-corrected chi connectivity index (χ3v) is 6.30. The van der Waals surface area contributed by atoms with Crippen LogP contribution in [-0.4, -0.2) is 67.9 Å². The maximum absolute atomic E-state index is 13.0. The van der Waals surface area contributed by atoms with Gasteiger partial charge in [0.15, 0.2) is 5.78 Å². The molecular formula is C27H35N3O5. The zero-order valence-electron chi connectivity index (χ0n) is 21.1. The van der Waals surface area contributed by atoms with Gasteiger partial charge >= 0.3 is 6.03 Å². The number of ketones is 1. The minimum absolute atomic E-state index is 0.0926. The lowest BCUT2D eigenvalue weighted by atomic mass is 10.0. The van der Waals surface area contributed by atoms with Crippen LogP contribution in [0.4, 0.5) is 10.5 Å². The van der Waals surface area contributed by atoms with Gasteiger partial charge in [0.25, 0.3) is 5.91 Å². The molecule has 188 valence electrons. The summed E-state index contributed by atoms with van der Waals surface area (Å²) in [6.07, 6.45) is 3.48. The van der Waals surface area contributed by atoms with E-state index >= 15 is 0 Å². The molecule has 0 aliphatic carbocycles. The molecular weight excluding hydrogens is 446 g/mol. The van der Waals surface area contributed by atoms with Crippen molar-refractivity contribution in [3.8, 4) is 11.5 Å². The van der Waals surface area contributed by atoms with Crippen molar-refractivity contribution in [1.82, 2.24) is 9.80 Å². The number of hydrogen-bond acceptors (Lipinski definition) is 5. The summed E-state index contributed by atoms with van der Waals surface area (Å²) in [5.41, 5.74) is 2.61. The van der Waals surface area contributed by atoms with E-state index in [-0.39, 0.29) is 17.7 Å². The number of amides is 3. The summed E-state index contributed by atoms with van der Waals surface area (Å²) in [6.45, 7) is 5.65. The zero-order valence-corrected chi connectivity index (χ0v) is 21.1. The van der Waals surface area contributed by atoms with Gasteiger partial charge in [0, 0.05) is 49.9 Å². The van der Waals surface area contributed by atoms with E-state index in [9.17, 15) is 14.4 Å². The average molecular weight is 482 g/mol. The molecule has 3 rings (SSSR count). The summed E-state index contributed by atoms with van der Waals surface area (Å²) < 4.78 is 10.6. The molecule has 1 heterocycles. The van der Waals surface area contributed by atoms with E-state index in [0.717, 1.165) is 24.8 Å².